The molecule has 0 aliphatic carbocycles. The summed E-state index contributed by atoms with van der Waals surface area (Å²) in [6.07, 6.45) is 1.47. The zero-order valence-corrected chi connectivity index (χ0v) is 25.5. The summed E-state index contributed by atoms with van der Waals surface area (Å²) in [6, 6.07) is 12.4. The molecule has 0 atom stereocenters. The number of anilines is 1. The summed E-state index contributed by atoms with van der Waals surface area (Å²) in [4.78, 5) is 45.7. The van der Waals surface area contributed by atoms with Crippen molar-refractivity contribution in [3.8, 4) is 0 Å². The quantitative estimate of drug-likeness (QED) is 0.295. The largest absolute Gasteiger partial charge is 0.462 e. The number of hydrogen-bond donors (Lipinski definition) is 1. The number of fused-ring (bicyclic) bond motifs is 1. The van der Waals surface area contributed by atoms with Gasteiger partial charge in [0.05, 0.1) is 27.9 Å². The number of nitrogens with zero attached hydrogens (tertiary/aromatic N) is 4. The summed E-state index contributed by atoms with van der Waals surface area (Å²) < 4.78 is 6.98. The summed E-state index contributed by atoms with van der Waals surface area (Å²) in [5.74, 6) is -0.783. The summed E-state index contributed by atoms with van der Waals surface area (Å²) in [6.45, 7) is 4.69. The minimum absolute atomic E-state index is 0. The zero-order valence-electron chi connectivity index (χ0n) is 23.3. The van der Waals surface area contributed by atoms with Crippen LogP contribution in [0.15, 0.2) is 47.3 Å². The van der Waals surface area contributed by atoms with Crippen LogP contribution < -0.4 is 16.6 Å². The van der Waals surface area contributed by atoms with Gasteiger partial charge in [-0.1, -0.05) is 41.4 Å². The predicted octanol–water partition coefficient (Wildman–Crippen LogP) is 5.03. The van der Waals surface area contributed by atoms with Crippen LogP contribution >= 0.6 is 34.8 Å². The molecule has 4 rings (SSSR count). The summed E-state index contributed by atoms with van der Waals surface area (Å²) in [7, 11) is 3.87. The Balaban J connectivity index is 0.00000183. The first-order chi connectivity index (χ1) is 18.7. The van der Waals surface area contributed by atoms with E-state index in [2.05, 4.69) is 11.6 Å². The van der Waals surface area contributed by atoms with Crippen LogP contribution in [0.5, 0.6) is 0 Å². The molecule has 0 bridgehead atoms. The van der Waals surface area contributed by atoms with Crippen molar-refractivity contribution in [2.24, 2.45) is 0 Å². The second-order valence-corrected chi connectivity index (χ2v) is 9.94. The number of likely N-dealkylation sites (N-methyl/N-ethyl adjacent to an activating group) is 1. The van der Waals surface area contributed by atoms with Gasteiger partial charge in [-0.05, 0) is 45.3 Å². The molecule has 9 nitrogen and oxygen atoms in total. The Morgan fingerprint density at radius 1 is 0.975 bits per heavy atom. The van der Waals surface area contributed by atoms with Crippen molar-refractivity contribution < 1.29 is 14.3 Å². The van der Waals surface area contributed by atoms with Crippen molar-refractivity contribution in [2.75, 3.05) is 64.7 Å². The van der Waals surface area contributed by atoms with Crippen LogP contribution in [-0.2, 0) is 11.3 Å². The number of alkyl halides is 1. The summed E-state index contributed by atoms with van der Waals surface area (Å²) in [5, 5.41) is 1.52. The molecular weight excluding hydrogens is 577 g/mol. The lowest BCUT2D eigenvalue weighted by Crippen LogP contribution is -2.49. The Kier molecular flexibility index (Phi) is 12.7. The van der Waals surface area contributed by atoms with Gasteiger partial charge in [0.2, 0.25) is 0 Å². The molecule has 40 heavy (non-hydrogen) atoms. The number of carbonyl (C=O) groups is 2. The molecule has 2 heterocycles. The van der Waals surface area contributed by atoms with Gasteiger partial charge >= 0.3 is 5.97 Å². The van der Waals surface area contributed by atoms with Crippen molar-refractivity contribution in [3.63, 3.8) is 0 Å². The van der Waals surface area contributed by atoms with E-state index in [1.807, 2.05) is 48.2 Å². The third-order valence-corrected chi connectivity index (χ3v) is 7.18. The highest BCUT2D eigenvalue weighted by Gasteiger charge is 2.30. The number of esters is 1. The second-order valence-electron chi connectivity index (χ2n) is 9.13. The number of rotatable bonds is 7. The minimum Gasteiger partial charge on any atom is -0.462 e. The minimum atomic E-state index is -0.638. The fraction of sp³-hybridized carbons (Fsp3) is 0.393. The monoisotopic (exact) mass is 611 g/mol. The topological polar surface area (TPSA) is 110 Å². The Morgan fingerprint density at radius 2 is 1.62 bits per heavy atom. The van der Waals surface area contributed by atoms with E-state index in [1.54, 1.807) is 34.6 Å². The highest BCUT2D eigenvalue weighted by molar-refractivity contribution is 6.42. The number of ether oxygens (including phenoxy) is 1. The lowest BCUT2D eigenvalue weighted by molar-refractivity contribution is 0.0523. The number of hydrogen-bond acceptors (Lipinski definition) is 7. The second kappa shape index (κ2) is 15.3. The van der Waals surface area contributed by atoms with Gasteiger partial charge in [0.15, 0.2) is 0 Å². The summed E-state index contributed by atoms with van der Waals surface area (Å²) in [5.41, 5.74) is 1.43. The molecule has 1 aromatic heterocycles. The van der Waals surface area contributed by atoms with Gasteiger partial charge in [-0.15, -0.1) is 11.6 Å². The van der Waals surface area contributed by atoms with Crippen molar-refractivity contribution >= 4 is 63.3 Å². The Labute approximate surface area is 249 Å². The molecule has 0 radical (unpaired) electrons. The van der Waals surface area contributed by atoms with Crippen LogP contribution in [-0.4, -0.2) is 86.1 Å². The Bertz CT molecular complexity index is 1390. The molecule has 0 spiro atoms. The first-order valence-electron chi connectivity index (χ1n) is 12.6. The van der Waals surface area contributed by atoms with E-state index in [9.17, 15) is 14.4 Å². The maximum Gasteiger partial charge on any atom is 0.345 e. The number of para-hydroxylation sites is 1. The Morgan fingerprint density at radius 3 is 2.23 bits per heavy atom. The fourth-order valence-electron chi connectivity index (χ4n) is 4.57. The third kappa shape index (κ3) is 7.27. The maximum atomic E-state index is 13.7. The van der Waals surface area contributed by atoms with Crippen LogP contribution in [0.4, 0.5) is 5.69 Å². The predicted molar refractivity (Wildman–Crippen MR) is 164 cm³/mol. The van der Waals surface area contributed by atoms with Crippen LogP contribution in [0.1, 0.15) is 27.6 Å². The maximum absolute atomic E-state index is 13.7. The molecule has 1 aliphatic heterocycles. The van der Waals surface area contributed by atoms with E-state index < -0.39 is 5.97 Å². The molecule has 1 amide bonds. The lowest BCUT2D eigenvalue weighted by Gasteiger charge is -2.37. The number of carbonyl (C=O) groups excluding carboxylic acids is 2. The normalized spacial score (nSPS) is 13.0. The Hall–Kier alpha value is -2.82. The van der Waals surface area contributed by atoms with Crippen LogP contribution in [0.25, 0.3) is 10.9 Å². The van der Waals surface area contributed by atoms with Crippen LogP contribution in [0.3, 0.4) is 0 Å². The number of benzene rings is 2. The first kappa shape index (κ1) is 33.4. The van der Waals surface area contributed by atoms with Gasteiger partial charge in [0.25, 0.3) is 11.5 Å². The van der Waals surface area contributed by atoms with Gasteiger partial charge in [0.1, 0.15) is 5.56 Å². The third-order valence-electron chi connectivity index (χ3n) is 6.45. The van der Waals surface area contributed by atoms with Crippen molar-refractivity contribution in [1.82, 2.24) is 20.5 Å². The van der Waals surface area contributed by atoms with E-state index >= 15 is 0 Å². The number of amides is 1. The zero-order chi connectivity index (χ0) is 28.7. The van der Waals surface area contributed by atoms with Crippen molar-refractivity contribution in [1.29, 1.82) is 0 Å². The molecule has 3 aromatic rings. The smallest absolute Gasteiger partial charge is 0.345 e. The van der Waals surface area contributed by atoms with Gasteiger partial charge in [-0.3, -0.25) is 9.59 Å². The van der Waals surface area contributed by atoms with Gasteiger partial charge < -0.3 is 30.2 Å². The lowest BCUT2D eigenvalue weighted by atomic mass is 10.1. The number of pyridine rings is 1. The van der Waals surface area contributed by atoms with E-state index in [0.717, 1.165) is 10.9 Å². The molecule has 0 unspecified atom stereocenters. The van der Waals surface area contributed by atoms with E-state index in [-0.39, 0.29) is 29.8 Å². The molecule has 1 aliphatic rings. The van der Waals surface area contributed by atoms with Crippen molar-refractivity contribution in [2.45, 2.75) is 13.5 Å². The first-order valence-corrected chi connectivity index (χ1v) is 14.1. The van der Waals surface area contributed by atoms with E-state index in [4.69, 9.17) is 27.9 Å². The average molecular weight is 613 g/mol. The average Bonchev–Trinajstić information content (AvgIpc) is 2.94. The number of aromatic nitrogens is 1. The van der Waals surface area contributed by atoms with Gasteiger partial charge in [0, 0.05) is 56.6 Å². The molecule has 1 fully saturated rings. The molecule has 1 saturated heterocycles. The van der Waals surface area contributed by atoms with Gasteiger partial charge in [-0.25, -0.2) is 4.79 Å². The highest BCUT2D eigenvalue weighted by Crippen LogP contribution is 2.31. The molecule has 0 saturated carbocycles. The van der Waals surface area contributed by atoms with Crippen LogP contribution in [0, 0.1) is 0 Å². The molecule has 2 aromatic carbocycles. The summed E-state index contributed by atoms with van der Waals surface area (Å²) >= 11 is 16.7. The van der Waals surface area contributed by atoms with E-state index in [1.165, 1.54) is 6.38 Å². The standard InChI is InChI=1S/C27H30Cl2N4O4.CH3Cl.H3N/c1-4-37-27(36)23-24(19-7-5-6-8-22(19)33(26(23)35)16-11-30(2)3)31-12-14-32(15-13-31)25(34)18-9-10-20(28)21(29)17-18;1-2;/h5-10,17H,4,11-16H2,1-3H3;1H3;1H3. The van der Waals surface area contributed by atoms with Crippen LogP contribution in [0.2, 0.25) is 10.0 Å². The molecule has 218 valence electrons. The SMILES string of the molecule is CCOC(=O)c1c(N2CCN(C(=O)c3ccc(Cl)c(Cl)c3)CC2)c2ccccc2n(CCN(C)C)c1=O.CCl.N. The highest BCUT2D eigenvalue weighted by atomic mass is 35.5. The van der Waals surface area contributed by atoms with Crippen molar-refractivity contribution in [3.05, 3.63) is 74.0 Å². The molecule has 3 N–H and O–H groups in total. The molecular formula is C28H36Cl3N5O4. The fourth-order valence-corrected chi connectivity index (χ4v) is 4.87. The number of halogens is 3. The number of piperazine rings is 1. The molecule has 12 heteroatoms. The van der Waals surface area contributed by atoms with E-state index in [0.29, 0.717) is 60.6 Å². The van der Waals surface area contributed by atoms with Gasteiger partial charge in [-0.2, -0.15) is 0 Å².